The molecular formula is C10H14N4O2. The van der Waals surface area contributed by atoms with Gasteiger partial charge in [-0.25, -0.2) is 0 Å². The first-order chi connectivity index (χ1) is 7.40. The summed E-state index contributed by atoms with van der Waals surface area (Å²) in [6, 6.07) is 0. The number of amides is 2. The third-order valence-electron chi connectivity index (χ3n) is 2.54. The van der Waals surface area contributed by atoms with Crippen molar-refractivity contribution in [1.29, 1.82) is 0 Å². The zero-order chi connectivity index (χ0) is 11.9. The van der Waals surface area contributed by atoms with Crippen LogP contribution in [0.5, 0.6) is 0 Å². The average Bonchev–Trinajstić information content (AvgIpc) is 2.57. The monoisotopic (exact) mass is 222 g/mol. The molecule has 0 radical (unpaired) electrons. The minimum atomic E-state index is -0.856. The van der Waals surface area contributed by atoms with E-state index in [4.69, 9.17) is 0 Å². The van der Waals surface area contributed by atoms with E-state index in [0.717, 1.165) is 0 Å². The number of nitrogens with one attached hydrogen (secondary N) is 1. The van der Waals surface area contributed by atoms with Gasteiger partial charge in [0.2, 0.25) is 5.91 Å². The first kappa shape index (κ1) is 10.7. The van der Waals surface area contributed by atoms with Crippen LogP contribution in [0, 0.1) is 0 Å². The number of carbonyl (C=O) groups excluding carboxylic acids is 2. The van der Waals surface area contributed by atoms with Crippen LogP contribution in [0.4, 0.5) is 5.69 Å². The molecule has 1 N–H and O–H groups in total. The minimum Gasteiger partial charge on any atom is -0.341 e. The van der Waals surface area contributed by atoms with Crippen LogP contribution in [0.25, 0.3) is 0 Å². The summed E-state index contributed by atoms with van der Waals surface area (Å²) in [4.78, 5) is 25.0. The molecule has 2 amide bonds. The predicted octanol–water partition coefficient (Wildman–Crippen LogP) is -0.339. The van der Waals surface area contributed by atoms with E-state index in [-0.39, 0.29) is 18.4 Å². The maximum atomic E-state index is 12.1. The second-order valence-corrected chi connectivity index (χ2v) is 4.44. The fourth-order valence-electron chi connectivity index (χ4n) is 1.75. The lowest BCUT2D eigenvalue weighted by atomic mass is 10.0. The molecular weight excluding hydrogens is 208 g/mol. The van der Waals surface area contributed by atoms with Gasteiger partial charge in [0.25, 0.3) is 5.91 Å². The molecule has 16 heavy (non-hydrogen) atoms. The standard InChI is InChI=1S/C10H14N4O2/c1-10(2)9(16)14(6-8(15)12-10)7-4-11-13(3)5-7/h4-5H,6H2,1-3H3,(H,12,15). The largest absolute Gasteiger partial charge is 0.341 e. The molecule has 86 valence electrons. The predicted molar refractivity (Wildman–Crippen MR) is 57.8 cm³/mol. The highest BCUT2D eigenvalue weighted by molar-refractivity contribution is 6.08. The van der Waals surface area contributed by atoms with E-state index in [2.05, 4.69) is 10.4 Å². The SMILES string of the molecule is Cn1cc(N2CC(=O)NC(C)(C)C2=O)cn1. The van der Waals surface area contributed by atoms with Crippen LogP contribution in [-0.4, -0.2) is 33.7 Å². The number of aryl methyl sites for hydroxylation is 1. The summed E-state index contributed by atoms with van der Waals surface area (Å²) in [7, 11) is 1.77. The number of rotatable bonds is 1. The number of aromatic nitrogens is 2. The third kappa shape index (κ3) is 1.66. The molecule has 0 unspecified atom stereocenters. The Morgan fingerprint density at radius 3 is 2.69 bits per heavy atom. The van der Waals surface area contributed by atoms with Crippen LogP contribution in [0.15, 0.2) is 12.4 Å². The highest BCUT2D eigenvalue weighted by atomic mass is 16.2. The van der Waals surface area contributed by atoms with E-state index in [0.29, 0.717) is 5.69 Å². The van der Waals surface area contributed by atoms with Gasteiger partial charge in [-0.15, -0.1) is 0 Å². The normalized spacial score (nSPS) is 19.8. The number of hydrogen-bond acceptors (Lipinski definition) is 3. The van der Waals surface area contributed by atoms with E-state index < -0.39 is 5.54 Å². The lowest BCUT2D eigenvalue weighted by Gasteiger charge is -2.36. The van der Waals surface area contributed by atoms with Crippen molar-refractivity contribution in [1.82, 2.24) is 15.1 Å². The van der Waals surface area contributed by atoms with E-state index in [1.165, 1.54) is 4.90 Å². The van der Waals surface area contributed by atoms with E-state index in [9.17, 15) is 9.59 Å². The molecule has 0 spiro atoms. The second kappa shape index (κ2) is 3.33. The van der Waals surface area contributed by atoms with E-state index >= 15 is 0 Å². The first-order valence-electron chi connectivity index (χ1n) is 5.02. The average molecular weight is 222 g/mol. The number of anilines is 1. The molecule has 2 rings (SSSR count). The molecule has 0 aliphatic carbocycles. The summed E-state index contributed by atoms with van der Waals surface area (Å²) >= 11 is 0. The second-order valence-electron chi connectivity index (χ2n) is 4.44. The number of nitrogens with zero attached hydrogens (tertiary/aromatic N) is 3. The number of carbonyl (C=O) groups is 2. The minimum absolute atomic E-state index is 0.0496. The maximum absolute atomic E-state index is 12.1. The Balaban J connectivity index is 2.34. The summed E-state index contributed by atoms with van der Waals surface area (Å²) in [5.41, 5.74) is -0.207. The fourth-order valence-corrected chi connectivity index (χ4v) is 1.75. The van der Waals surface area contributed by atoms with Crippen LogP contribution in [0.1, 0.15) is 13.8 Å². The summed E-state index contributed by atoms with van der Waals surface area (Å²) in [5, 5.41) is 6.64. The molecule has 6 heteroatoms. The Labute approximate surface area is 93.2 Å². The lowest BCUT2D eigenvalue weighted by molar-refractivity contribution is -0.134. The van der Waals surface area contributed by atoms with Gasteiger partial charge < -0.3 is 5.32 Å². The van der Waals surface area contributed by atoms with Gasteiger partial charge in [0.15, 0.2) is 0 Å². The van der Waals surface area contributed by atoms with Crippen LogP contribution >= 0.6 is 0 Å². The maximum Gasteiger partial charge on any atom is 0.252 e. The Kier molecular flexibility index (Phi) is 2.22. The highest BCUT2D eigenvalue weighted by Gasteiger charge is 2.40. The molecule has 1 aliphatic rings. The van der Waals surface area contributed by atoms with Crippen molar-refractivity contribution in [3.63, 3.8) is 0 Å². The topological polar surface area (TPSA) is 67.2 Å². The summed E-state index contributed by atoms with van der Waals surface area (Å²) in [5.74, 6) is -0.284. The van der Waals surface area contributed by atoms with Crippen LogP contribution in [0.3, 0.4) is 0 Å². The Morgan fingerprint density at radius 1 is 1.44 bits per heavy atom. The van der Waals surface area contributed by atoms with Gasteiger partial charge in [-0.1, -0.05) is 0 Å². The van der Waals surface area contributed by atoms with Gasteiger partial charge in [0, 0.05) is 13.2 Å². The molecule has 0 aromatic carbocycles. The van der Waals surface area contributed by atoms with Crippen LogP contribution in [-0.2, 0) is 16.6 Å². The highest BCUT2D eigenvalue weighted by Crippen LogP contribution is 2.20. The van der Waals surface area contributed by atoms with Gasteiger partial charge in [-0.05, 0) is 13.8 Å². The number of piperazine rings is 1. The van der Waals surface area contributed by atoms with Gasteiger partial charge in [-0.2, -0.15) is 5.10 Å². The fraction of sp³-hybridized carbons (Fsp3) is 0.500. The van der Waals surface area contributed by atoms with Crippen molar-refractivity contribution in [2.24, 2.45) is 7.05 Å². The van der Waals surface area contributed by atoms with Gasteiger partial charge in [0.1, 0.15) is 12.1 Å². The first-order valence-corrected chi connectivity index (χ1v) is 5.02. The van der Waals surface area contributed by atoms with Gasteiger partial charge in [0.05, 0.1) is 11.9 Å². The van der Waals surface area contributed by atoms with Crippen molar-refractivity contribution in [3.8, 4) is 0 Å². The van der Waals surface area contributed by atoms with Crippen molar-refractivity contribution in [2.75, 3.05) is 11.4 Å². The van der Waals surface area contributed by atoms with E-state index in [1.54, 1.807) is 38.0 Å². The molecule has 2 heterocycles. The van der Waals surface area contributed by atoms with Gasteiger partial charge >= 0.3 is 0 Å². The lowest BCUT2D eigenvalue weighted by Crippen LogP contribution is -2.64. The third-order valence-corrected chi connectivity index (χ3v) is 2.54. The molecule has 1 saturated heterocycles. The summed E-state index contributed by atoms with van der Waals surface area (Å²) in [6.07, 6.45) is 3.29. The molecule has 0 atom stereocenters. The molecule has 1 fully saturated rings. The summed E-state index contributed by atoms with van der Waals surface area (Å²) < 4.78 is 1.60. The molecule has 0 saturated carbocycles. The van der Waals surface area contributed by atoms with Crippen molar-refractivity contribution >= 4 is 17.5 Å². The Bertz CT molecular complexity index is 449. The van der Waals surface area contributed by atoms with Gasteiger partial charge in [-0.3, -0.25) is 19.2 Å². The zero-order valence-corrected chi connectivity index (χ0v) is 9.52. The number of hydrogen-bond donors (Lipinski definition) is 1. The molecule has 0 bridgehead atoms. The van der Waals surface area contributed by atoms with Crippen LogP contribution < -0.4 is 10.2 Å². The van der Waals surface area contributed by atoms with Crippen molar-refractivity contribution in [3.05, 3.63) is 12.4 Å². The quantitative estimate of drug-likeness (QED) is 0.707. The van der Waals surface area contributed by atoms with Crippen molar-refractivity contribution < 1.29 is 9.59 Å². The zero-order valence-electron chi connectivity index (χ0n) is 9.52. The van der Waals surface area contributed by atoms with Crippen molar-refractivity contribution in [2.45, 2.75) is 19.4 Å². The smallest absolute Gasteiger partial charge is 0.252 e. The molecule has 1 aromatic rings. The molecule has 1 aromatic heterocycles. The molecule has 1 aliphatic heterocycles. The summed E-state index contributed by atoms with van der Waals surface area (Å²) in [6.45, 7) is 3.43. The Hall–Kier alpha value is -1.85. The Morgan fingerprint density at radius 2 is 2.12 bits per heavy atom. The van der Waals surface area contributed by atoms with Crippen LogP contribution in [0.2, 0.25) is 0 Å². The van der Waals surface area contributed by atoms with E-state index in [1.807, 2.05) is 0 Å². The molecule has 6 nitrogen and oxygen atoms in total.